The molecular formula is C11H19N3O2. The van der Waals surface area contributed by atoms with Crippen LogP contribution < -0.4 is 11.2 Å². The molecule has 1 saturated carbocycles. The van der Waals surface area contributed by atoms with Gasteiger partial charge in [0.15, 0.2) is 0 Å². The molecule has 1 unspecified atom stereocenters. The van der Waals surface area contributed by atoms with Crippen molar-refractivity contribution in [2.45, 2.75) is 40.0 Å². The van der Waals surface area contributed by atoms with Crippen LogP contribution in [0.4, 0.5) is 0 Å². The molecule has 0 aliphatic heterocycles. The van der Waals surface area contributed by atoms with E-state index in [1.807, 2.05) is 0 Å². The van der Waals surface area contributed by atoms with E-state index in [9.17, 15) is 9.59 Å². The minimum absolute atomic E-state index is 0.202. The molecule has 0 saturated heterocycles. The Morgan fingerprint density at radius 1 is 1.50 bits per heavy atom. The Labute approximate surface area is 95.5 Å². The fraction of sp³-hybridized carbons (Fsp3) is 0.727. The van der Waals surface area contributed by atoms with Crippen LogP contribution in [0, 0.1) is 11.3 Å². The van der Waals surface area contributed by atoms with Gasteiger partial charge in [0, 0.05) is 5.71 Å². The molecule has 0 bridgehead atoms. The van der Waals surface area contributed by atoms with Crippen molar-refractivity contribution in [2.24, 2.45) is 22.2 Å². The summed E-state index contributed by atoms with van der Waals surface area (Å²) in [4.78, 5) is 21.4. The summed E-state index contributed by atoms with van der Waals surface area (Å²) in [6.45, 7) is 6.51. The van der Waals surface area contributed by atoms with Crippen LogP contribution in [0.2, 0.25) is 0 Å². The highest BCUT2D eigenvalue weighted by Crippen LogP contribution is 2.36. The summed E-state index contributed by atoms with van der Waals surface area (Å²) in [6.07, 6.45) is 2.86. The number of primary amides is 1. The topological polar surface area (TPSA) is 84.6 Å². The molecule has 5 heteroatoms. The number of hydrogen-bond donors (Lipinski definition) is 2. The van der Waals surface area contributed by atoms with E-state index in [0.29, 0.717) is 5.92 Å². The lowest BCUT2D eigenvalue weighted by Crippen LogP contribution is -2.35. The van der Waals surface area contributed by atoms with E-state index in [0.717, 1.165) is 25.0 Å². The molecule has 0 heterocycles. The lowest BCUT2D eigenvalue weighted by molar-refractivity contribution is -0.137. The number of nitrogens with zero attached hydrogens (tertiary/aromatic N) is 1. The van der Waals surface area contributed by atoms with Crippen LogP contribution in [0.3, 0.4) is 0 Å². The molecule has 1 aliphatic carbocycles. The first kappa shape index (κ1) is 12.7. The molecule has 16 heavy (non-hydrogen) atoms. The van der Waals surface area contributed by atoms with E-state index in [-0.39, 0.29) is 5.41 Å². The van der Waals surface area contributed by atoms with E-state index >= 15 is 0 Å². The maximum Gasteiger partial charge on any atom is 0.329 e. The Balaban J connectivity index is 2.62. The molecule has 2 amide bonds. The summed E-state index contributed by atoms with van der Waals surface area (Å²) in [5, 5.41) is 3.97. The Hall–Kier alpha value is -1.39. The molecule has 90 valence electrons. The third-order valence-corrected chi connectivity index (χ3v) is 2.71. The molecule has 0 aromatic heterocycles. The summed E-state index contributed by atoms with van der Waals surface area (Å²) in [5.74, 6) is -1.32. The minimum Gasteiger partial charge on any atom is -0.361 e. The van der Waals surface area contributed by atoms with Gasteiger partial charge in [-0.25, -0.2) is 5.43 Å². The van der Waals surface area contributed by atoms with Gasteiger partial charge in [-0.15, -0.1) is 0 Å². The standard InChI is InChI=1S/C11H19N3O2/c1-7-4-8(6-11(2,3)5-7)13-14-10(16)9(12)15/h7H,4-6H2,1-3H3,(H2,12,15)(H,14,16)/b13-8+. The van der Waals surface area contributed by atoms with E-state index < -0.39 is 11.8 Å². The number of nitrogens with two attached hydrogens (primary N) is 1. The molecule has 5 nitrogen and oxygen atoms in total. The zero-order valence-corrected chi connectivity index (χ0v) is 10.0. The molecule has 0 aromatic carbocycles. The van der Waals surface area contributed by atoms with Crippen molar-refractivity contribution < 1.29 is 9.59 Å². The smallest absolute Gasteiger partial charge is 0.329 e. The molecule has 3 N–H and O–H groups in total. The first-order chi connectivity index (χ1) is 7.30. The fourth-order valence-corrected chi connectivity index (χ4v) is 2.38. The van der Waals surface area contributed by atoms with Crippen molar-refractivity contribution in [2.75, 3.05) is 0 Å². The Morgan fingerprint density at radius 2 is 2.12 bits per heavy atom. The molecule has 1 atom stereocenters. The Morgan fingerprint density at radius 3 is 2.62 bits per heavy atom. The van der Waals surface area contributed by atoms with Crippen LogP contribution in [-0.4, -0.2) is 17.5 Å². The van der Waals surface area contributed by atoms with Gasteiger partial charge in [0.2, 0.25) is 0 Å². The Kier molecular flexibility index (Phi) is 3.67. The van der Waals surface area contributed by atoms with Crippen molar-refractivity contribution in [1.82, 2.24) is 5.43 Å². The molecule has 0 radical (unpaired) electrons. The SMILES string of the molecule is CC1C/C(=N\NC(=O)C(N)=O)CC(C)(C)C1. The van der Waals surface area contributed by atoms with Crippen molar-refractivity contribution >= 4 is 17.5 Å². The maximum atomic E-state index is 10.9. The molecule has 1 fully saturated rings. The predicted octanol–water partition coefficient (Wildman–Crippen LogP) is 0.790. The largest absolute Gasteiger partial charge is 0.361 e. The third-order valence-electron chi connectivity index (χ3n) is 2.71. The molecule has 1 aliphatic rings. The first-order valence-electron chi connectivity index (χ1n) is 5.45. The number of nitrogens with one attached hydrogen (secondary N) is 1. The van der Waals surface area contributed by atoms with Crippen molar-refractivity contribution in [3.05, 3.63) is 0 Å². The van der Waals surface area contributed by atoms with Crippen LogP contribution in [-0.2, 0) is 9.59 Å². The second kappa shape index (κ2) is 4.63. The van der Waals surface area contributed by atoms with Crippen LogP contribution >= 0.6 is 0 Å². The van der Waals surface area contributed by atoms with Gasteiger partial charge in [-0.05, 0) is 30.6 Å². The average Bonchev–Trinajstić information content (AvgIpc) is 2.10. The van der Waals surface area contributed by atoms with E-state index in [1.165, 1.54) is 0 Å². The fourth-order valence-electron chi connectivity index (χ4n) is 2.38. The van der Waals surface area contributed by atoms with Gasteiger partial charge in [0.1, 0.15) is 0 Å². The van der Waals surface area contributed by atoms with Gasteiger partial charge in [0.25, 0.3) is 0 Å². The summed E-state index contributed by atoms with van der Waals surface area (Å²) < 4.78 is 0. The zero-order chi connectivity index (χ0) is 12.3. The number of hydrazone groups is 1. The number of carbonyl (C=O) groups excluding carboxylic acids is 2. The number of rotatable bonds is 1. The monoisotopic (exact) mass is 225 g/mol. The predicted molar refractivity (Wildman–Crippen MR) is 61.6 cm³/mol. The summed E-state index contributed by atoms with van der Waals surface area (Å²) in [7, 11) is 0. The van der Waals surface area contributed by atoms with Crippen LogP contribution in [0.15, 0.2) is 5.10 Å². The lowest BCUT2D eigenvalue weighted by Gasteiger charge is -2.34. The van der Waals surface area contributed by atoms with Crippen LogP contribution in [0.25, 0.3) is 0 Å². The Bertz CT molecular complexity index is 334. The van der Waals surface area contributed by atoms with Crippen LogP contribution in [0.1, 0.15) is 40.0 Å². The molecule has 0 aromatic rings. The number of carbonyl (C=O) groups is 2. The highest BCUT2D eigenvalue weighted by atomic mass is 16.2. The minimum atomic E-state index is -1.01. The number of hydrogen-bond acceptors (Lipinski definition) is 3. The van der Waals surface area contributed by atoms with Crippen molar-refractivity contribution in [3.8, 4) is 0 Å². The van der Waals surface area contributed by atoms with E-state index in [2.05, 4.69) is 31.3 Å². The van der Waals surface area contributed by atoms with Gasteiger partial charge in [-0.3, -0.25) is 9.59 Å². The number of amides is 2. The van der Waals surface area contributed by atoms with Gasteiger partial charge in [-0.2, -0.15) is 5.10 Å². The lowest BCUT2D eigenvalue weighted by atomic mass is 9.72. The van der Waals surface area contributed by atoms with Gasteiger partial charge >= 0.3 is 11.8 Å². The second-order valence-corrected chi connectivity index (χ2v) is 5.34. The third kappa shape index (κ3) is 3.64. The quantitative estimate of drug-likeness (QED) is 0.510. The summed E-state index contributed by atoms with van der Waals surface area (Å²) in [5.41, 5.74) is 8.13. The van der Waals surface area contributed by atoms with E-state index in [1.54, 1.807) is 0 Å². The van der Waals surface area contributed by atoms with Crippen LogP contribution in [0.5, 0.6) is 0 Å². The summed E-state index contributed by atoms with van der Waals surface area (Å²) >= 11 is 0. The normalized spacial score (nSPS) is 26.4. The maximum absolute atomic E-state index is 10.9. The first-order valence-corrected chi connectivity index (χ1v) is 5.45. The zero-order valence-electron chi connectivity index (χ0n) is 10.0. The molecule has 1 rings (SSSR count). The van der Waals surface area contributed by atoms with E-state index in [4.69, 9.17) is 5.73 Å². The average molecular weight is 225 g/mol. The van der Waals surface area contributed by atoms with Gasteiger partial charge < -0.3 is 5.73 Å². The summed E-state index contributed by atoms with van der Waals surface area (Å²) in [6, 6.07) is 0. The highest BCUT2D eigenvalue weighted by molar-refractivity contribution is 6.34. The van der Waals surface area contributed by atoms with Gasteiger partial charge in [-0.1, -0.05) is 20.8 Å². The van der Waals surface area contributed by atoms with Crippen molar-refractivity contribution in [1.29, 1.82) is 0 Å². The highest BCUT2D eigenvalue weighted by Gasteiger charge is 2.29. The second-order valence-electron chi connectivity index (χ2n) is 5.34. The van der Waals surface area contributed by atoms with Crippen molar-refractivity contribution in [3.63, 3.8) is 0 Å². The molecular weight excluding hydrogens is 206 g/mol. The molecule has 0 spiro atoms. The van der Waals surface area contributed by atoms with Gasteiger partial charge in [0.05, 0.1) is 0 Å².